The standard InChI is InChI=1S/C12H17FN4O2/c1-14-10(18)5-8-3-4-17(7-8)12-15-6-9(13)11(16-12)19-2/h6,8H,3-5,7H2,1-2H3,(H,14,18)/t8-/m1/s1. The van der Waals surface area contributed by atoms with Crippen molar-refractivity contribution in [3.8, 4) is 5.88 Å². The number of amides is 1. The minimum Gasteiger partial charge on any atom is -0.479 e. The first-order chi connectivity index (χ1) is 9.13. The monoisotopic (exact) mass is 268 g/mol. The van der Waals surface area contributed by atoms with Crippen molar-refractivity contribution in [2.24, 2.45) is 5.92 Å². The third-order valence-corrected chi connectivity index (χ3v) is 3.21. The summed E-state index contributed by atoms with van der Waals surface area (Å²) in [6.07, 6.45) is 2.50. The maximum Gasteiger partial charge on any atom is 0.255 e. The predicted molar refractivity (Wildman–Crippen MR) is 67.5 cm³/mol. The van der Waals surface area contributed by atoms with Gasteiger partial charge in [-0.05, 0) is 12.3 Å². The number of nitrogens with one attached hydrogen (secondary N) is 1. The molecule has 0 aromatic carbocycles. The SMILES string of the molecule is CNC(=O)C[C@H]1CCN(c2ncc(F)c(OC)n2)C1. The van der Waals surface area contributed by atoms with Gasteiger partial charge in [-0.2, -0.15) is 9.37 Å². The van der Waals surface area contributed by atoms with Gasteiger partial charge >= 0.3 is 0 Å². The summed E-state index contributed by atoms with van der Waals surface area (Å²) in [5, 5.41) is 2.61. The van der Waals surface area contributed by atoms with Gasteiger partial charge in [-0.25, -0.2) is 4.98 Å². The van der Waals surface area contributed by atoms with Crippen molar-refractivity contribution in [2.75, 3.05) is 32.1 Å². The molecule has 0 unspecified atom stereocenters. The van der Waals surface area contributed by atoms with E-state index in [0.717, 1.165) is 19.2 Å². The summed E-state index contributed by atoms with van der Waals surface area (Å²) in [4.78, 5) is 21.3. The van der Waals surface area contributed by atoms with Crippen LogP contribution in [-0.2, 0) is 4.79 Å². The van der Waals surface area contributed by atoms with Gasteiger partial charge in [-0.3, -0.25) is 4.79 Å². The molecule has 19 heavy (non-hydrogen) atoms. The van der Waals surface area contributed by atoms with Crippen molar-refractivity contribution in [3.05, 3.63) is 12.0 Å². The molecule has 0 aliphatic carbocycles. The molecule has 1 aliphatic rings. The fourth-order valence-corrected chi connectivity index (χ4v) is 2.18. The summed E-state index contributed by atoms with van der Waals surface area (Å²) in [5.74, 6) is 0.119. The highest BCUT2D eigenvalue weighted by molar-refractivity contribution is 5.75. The van der Waals surface area contributed by atoms with Crippen molar-refractivity contribution >= 4 is 11.9 Å². The summed E-state index contributed by atoms with van der Waals surface area (Å²) in [6, 6.07) is 0. The van der Waals surface area contributed by atoms with Crippen molar-refractivity contribution in [3.63, 3.8) is 0 Å². The van der Waals surface area contributed by atoms with Crippen LogP contribution in [0.5, 0.6) is 5.88 Å². The lowest BCUT2D eigenvalue weighted by molar-refractivity contribution is -0.121. The summed E-state index contributed by atoms with van der Waals surface area (Å²) in [6.45, 7) is 1.46. The fraction of sp³-hybridized carbons (Fsp3) is 0.583. The number of aromatic nitrogens is 2. The van der Waals surface area contributed by atoms with E-state index in [0.29, 0.717) is 18.9 Å². The van der Waals surface area contributed by atoms with Gasteiger partial charge < -0.3 is 15.0 Å². The lowest BCUT2D eigenvalue weighted by Crippen LogP contribution is -2.25. The number of methoxy groups -OCH3 is 1. The van der Waals surface area contributed by atoms with Crippen molar-refractivity contribution in [1.29, 1.82) is 0 Å². The highest BCUT2D eigenvalue weighted by atomic mass is 19.1. The van der Waals surface area contributed by atoms with Crippen LogP contribution in [-0.4, -0.2) is 43.1 Å². The number of nitrogens with zero attached hydrogens (tertiary/aromatic N) is 3. The zero-order chi connectivity index (χ0) is 13.8. The van der Waals surface area contributed by atoms with Gasteiger partial charge in [-0.15, -0.1) is 0 Å². The van der Waals surface area contributed by atoms with Crippen LogP contribution >= 0.6 is 0 Å². The van der Waals surface area contributed by atoms with Gasteiger partial charge in [0.15, 0.2) is 0 Å². The molecule has 1 aliphatic heterocycles. The number of anilines is 1. The molecule has 1 amide bonds. The van der Waals surface area contributed by atoms with Crippen LogP contribution < -0.4 is 15.0 Å². The van der Waals surface area contributed by atoms with Crippen LogP contribution in [0.2, 0.25) is 0 Å². The Morgan fingerprint density at radius 1 is 1.68 bits per heavy atom. The van der Waals surface area contributed by atoms with E-state index >= 15 is 0 Å². The van der Waals surface area contributed by atoms with Crippen LogP contribution in [0.4, 0.5) is 10.3 Å². The number of carbonyl (C=O) groups excluding carboxylic acids is 1. The van der Waals surface area contributed by atoms with Crippen molar-refractivity contribution in [1.82, 2.24) is 15.3 Å². The molecule has 0 radical (unpaired) electrons. The molecule has 2 heterocycles. The second kappa shape index (κ2) is 5.81. The minimum atomic E-state index is -0.577. The van der Waals surface area contributed by atoms with Crippen LogP contribution in [0.15, 0.2) is 6.20 Å². The maximum atomic E-state index is 13.2. The van der Waals surface area contributed by atoms with E-state index in [2.05, 4.69) is 15.3 Å². The largest absolute Gasteiger partial charge is 0.479 e. The summed E-state index contributed by atoms with van der Waals surface area (Å²) in [5.41, 5.74) is 0. The van der Waals surface area contributed by atoms with Crippen molar-refractivity contribution < 1.29 is 13.9 Å². The number of halogens is 1. The first kappa shape index (κ1) is 13.5. The average Bonchev–Trinajstić information content (AvgIpc) is 2.87. The van der Waals surface area contributed by atoms with E-state index in [-0.39, 0.29) is 17.7 Å². The molecule has 7 heteroatoms. The quantitative estimate of drug-likeness (QED) is 0.865. The van der Waals surface area contributed by atoms with Gasteiger partial charge in [0.25, 0.3) is 5.88 Å². The maximum absolute atomic E-state index is 13.2. The minimum absolute atomic E-state index is 0.0319. The zero-order valence-corrected chi connectivity index (χ0v) is 11.0. The number of hydrogen-bond acceptors (Lipinski definition) is 5. The Hall–Kier alpha value is -1.92. The number of hydrogen-bond donors (Lipinski definition) is 1. The molecule has 1 saturated heterocycles. The second-order valence-corrected chi connectivity index (χ2v) is 4.51. The fourth-order valence-electron chi connectivity index (χ4n) is 2.18. The van der Waals surface area contributed by atoms with E-state index in [9.17, 15) is 9.18 Å². The molecule has 1 aromatic heterocycles. The molecule has 1 atom stereocenters. The molecule has 0 spiro atoms. The molecule has 1 fully saturated rings. The summed E-state index contributed by atoms with van der Waals surface area (Å²) in [7, 11) is 3.00. The van der Waals surface area contributed by atoms with Gasteiger partial charge in [0.1, 0.15) is 0 Å². The Morgan fingerprint density at radius 2 is 2.47 bits per heavy atom. The third kappa shape index (κ3) is 3.10. The number of rotatable bonds is 4. The molecular formula is C12H17FN4O2. The molecule has 1 N–H and O–H groups in total. The number of carbonyl (C=O) groups is 1. The predicted octanol–water partition coefficient (Wildman–Crippen LogP) is 0.587. The van der Waals surface area contributed by atoms with Gasteiger partial charge in [-0.1, -0.05) is 0 Å². The molecule has 0 saturated carbocycles. The number of ether oxygens (including phenoxy) is 1. The normalized spacial score (nSPS) is 18.5. The van der Waals surface area contributed by atoms with Gasteiger partial charge in [0.05, 0.1) is 13.3 Å². The summed E-state index contributed by atoms with van der Waals surface area (Å²) >= 11 is 0. The Balaban J connectivity index is 2.02. The van der Waals surface area contributed by atoms with E-state index in [1.165, 1.54) is 7.11 Å². The third-order valence-electron chi connectivity index (χ3n) is 3.21. The highest BCUT2D eigenvalue weighted by Crippen LogP contribution is 2.24. The molecular weight excluding hydrogens is 251 g/mol. The van der Waals surface area contributed by atoms with Crippen LogP contribution in [0, 0.1) is 11.7 Å². The molecule has 2 rings (SSSR count). The molecule has 0 bridgehead atoms. The average molecular weight is 268 g/mol. The Kier molecular flexibility index (Phi) is 4.13. The molecule has 104 valence electrons. The lowest BCUT2D eigenvalue weighted by atomic mass is 10.1. The second-order valence-electron chi connectivity index (χ2n) is 4.51. The van der Waals surface area contributed by atoms with E-state index < -0.39 is 5.82 Å². The highest BCUT2D eigenvalue weighted by Gasteiger charge is 2.26. The van der Waals surface area contributed by atoms with Gasteiger partial charge in [0, 0.05) is 26.6 Å². The molecule has 1 aromatic rings. The molecule has 6 nitrogen and oxygen atoms in total. The first-order valence-corrected chi connectivity index (χ1v) is 6.16. The first-order valence-electron chi connectivity index (χ1n) is 6.16. The van der Waals surface area contributed by atoms with Crippen LogP contribution in [0.3, 0.4) is 0 Å². The Morgan fingerprint density at radius 3 is 3.16 bits per heavy atom. The van der Waals surface area contributed by atoms with Crippen molar-refractivity contribution in [2.45, 2.75) is 12.8 Å². The topological polar surface area (TPSA) is 67.4 Å². The lowest BCUT2D eigenvalue weighted by Gasteiger charge is -2.16. The van der Waals surface area contributed by atoms with Crippen LogP contribution in [0.25, 0.3) is 0 Å². The summed E-state index contributed by atoms with van der Waals surface area (Å²) < 4.78 is 18.1. The van der Waals surface area contributed by atoms with E-state index in [4.69, 9.17) is 4.74 Å². The van der Waals surface area contributed by atoms with E-state index in [1.807, 2.05) is 4.90 Å². The van der Waals surface area contributed by atoms with E-state index in [1.54, 1.807) is 7.05 Å². The van der Waals surface area contributed by atoms with Gasteiger partial charge in [0.2, 0.25) is 17.7 Å². The Bertz CT molecular complexity index is 469. The smallest absolute Gasteiger partial charge is 0.255 e. The van der Waals surface area contributed by atoms with Crippen LogP contribution in [0.1, 0.15) is 12.8 Å². The zero-order valence-electron chi connectivity index (χ0n) is 11.0. The Labute approximate surface area is 111 Å².